The molecule has 0 aliphatic carbocycles. The highest BCUT2D eigenvalue weighted by Crippen LogP contribution is 2.15. The van der Waals surface area contributed by atoms with E-state index in [9.17, 15) is 19.7 Å². The predicted molar refractivity (Wildman–Crippen MR) is 80.3 cm³/mol. The summed E-state index contributed by atoms with van der Waals surface area (Å²) >= 11 is 0.897. The van der Waals surface area contributed by atoms with Crippen molar-refractivity contribution < 1.29 is 19.2 Å². The first-order valence-electron chi connectivity index (χ1n) is 6.49. The van der Waals surface area contributed by atoms with Crippen LogP contribution in [0.4, 0.5) is 5.69 Å². The molecule has 0 saturated carbocycles. The molecule has 23 heavy (non-hydrogen) atoms. The largest absolute Gasteiger partial charge is 0.461 e. The molecule has 0 saturated heterocycles. The number of ether oxygens (including phenoxy) is 1. The second kappa shape index (κ2) is 6.92. The number of nitrogens with zero attached hydrogens (tertiary/aromatic N) is 4. The van der Waals surface area contributed by atoms with Crippen LogP contribution >= 0.6 is 11.3 Å². The first-order valence-corrected chi connectivity index (χ1v) is 7.31. The number of nitro groups is 1. The number of nitro benzene ring substituents is 1. The van der Waals surface area contributed by atoms with E-state index >= 15 is 0 Å². The highest BCUT2D eigenvalue weighted by molar-refractivity contribution is 7.10. The molecule has 0 bridgehead atoms. The third-order valence-corrected chi connectivity index (χ3v) is 3.46. The summed E-state index contributed by atoms with van der Waals surface area (Å²) in [6.07, 6.45) is 0. The van der Waals surface area contributed by atoms with E-state index in [0.717, 1.165) is 11.3 Å². The Morgan fingerprint density at radius 2 is 2.04 bits per heavy atom. The fourth-order valence-electron chi connectivity index (χ4n) is 1.65. The van der Waals surface area contributed by atoms with Gasteiger partial charge in [-0.3, -0.25) is 14.9 Å². The molecule has 1 aromatic heterocycles. The number of rotatable bonds is 4. The summed E-state index contributed by atoms with van der Waals surface area (Å²) in [6.45, 7) is 3.12. The summed E-state index contributed by atoms with van der Waals surface area (Å²) < 4.78 is 6.13. The second-order valence-electron chi connectivity index (χ2n) is 4.23. The molecule has 1 aromatic carbocycles. The SMILES string of the molecule is CCOC(=O)c1nn(-c2ccc([N+](=O)[O-])cc2)c(=NC(C)=O)s1. The number of aromatic nitrogens is 2. The zero-order valence-corrected chi connectivity index (χ0v) is 13.1. The Balaban J connectivity index is 2.53. The summed E-state index contributed by atoms with van der Waals surface area (Å²) in [5, 5.41) is 14.8. The lowest BCUT2D eigenvalue weighted by atomic mass is 10.3. The molecule has 2 rings (SSSR count). The maximum Gasteiger partial charge on any atom is 0.369 e. The number of carbonyl (C=O) groups excluding carboxylic acids is 2. The van der Waals surface area contributed by atoms with E-state index in [-0.39, 0.29) is 22.1 Å². The number of hydrogen-bond donors (Lipinski definition) is 0. The van der Waals surface area contributed by atoms with Crippen LogP contribution in [0.1, 0.15) is 23.6 Å². The summed E-state index contributed by atoms with van der Waals surface area (Å²) in [5.74, 6) is -1.09. The van der Waals surface area contributed by atoms with Crippen molar-refractivity contribution in [2.24, 2.45) is 4.99 Å². The lowest BCUT2D eigenvalue weighted by molar-refractivity contribution is -0.384. The second-order valence-corrected chi connectivity index (χ2v) is 5.18. The standard InChI is InChI=1S/C13H12N4O5S/c1-3-22-12(19)11-15-16(13(23-11)14-8(2)18)9-4-6-10(7-5-9)17(20)21/h4-7H,3H2,1-2H3. The quantitative estimate of drug-likeness (QED) is 0.474. The van der Waals surface area contributed by atoms with Crippen LogP contribution in [0, 0.1) is 10.1 Å². The van der Waals surface area contributed by atoms with Gasteiger partial charge in [0, 0.05) is 19.1 Å². The molecule has 1 heterocycles. The Kier molecular flexibility index (Phi) is 4.96. The molecule has 2 aromatic rings. The van der Waals surface area contributed by atoms with Crippen molar-refractivity contribution in [3.05, 3.63) is 44.2 Å². The van der Waals surface area contributed by atoms with Crippen molar-refractivity contribution in [1.29, 1.82) is 0 Å². The number of hydrogen-bond acceptors (Lipinski definition) is 7. The van der Waals surface area contributed by atoms with E-state index in [1.54, 1.807) is 6.92 Å². The maximum atomic E-state index is 11.8. The molecule has 0 atom stereocenters. The lowest BCUT2D eigenvalue weighted by Crippen LogP contribution is -2.16. The molecular weight excluding hydrogens is 324 g/mol. The van der Waals surface area contributed by atoms with Gasteiger partial charge in [-0.1, -0.05) is 11.3 Å². The van der Waals surface area contributed by atoms with Gasteiger partial charge in [-0.15, -0.1) is 5.10 Å². The van der Waals surface area contributed by atoms with Crippen LogP contribution in [-0.4, -0.2) is 33.2 Å². The monoisotopic (exact) mass is 336 g/mol. The van der Waals surface area contributed by atoms with Gasteiger partial charge in [-0.2, -0.15) is 4.99 Å². The Morgan fingerprint density at radius 3 is 2.57 bits per heavy atom. The van der Waals surface area contributed by atoms with Crippen molar-refractivity contribution in [1.82, 2.24) is 9.78 Å². The molecule has 10 heteroatoms. The third-order valence-electron chi connectivity index (χ3n) is 2.57. The van der Waals surface area contributed by atoms with E-state index in [4.69, 9.17) is 4.74 Å². The number of amides is 1. The van der Waals surface area contributed by atoms with E-state index in [2.05, 4.69) is 10.1 Å². The van der Waals surface area contributed by atoms with Gasteiger partial charge in [0.2, 0.25) is 15.7 Å². The fourth-order valence-corrected chi connectivity index (χ4v) is 2.49. The van der Waals surface area contributed by atoms with Gasteiger partial charge in [0.1, 0.15) is 0 Å². The van der Waals surface area contributed by atoms with Crippen LogP contribution < -0.4 is 4.80 Å². The maximum absolute atomic E-state index is 11.8. The van der Waals surface area contributed by atoms with Gasteiger partial charge >= 0.3 is 5.97 Å². The van der Waals surface area contributed by atoms with Crippen molar-refractivity contribution in [2.75, 3.05) is 6.61 Å². The van der Waals surface area contributed by atoms with Crippen LogP contribution in [-0.2, 0) is 9.53 Å². The van der Waals surface area contributed by atoms with Crippen molar-refractivity contribution in [3.8, 4) is 5.69 Å². The summed E-state index contributed by atoms with van der Waals surface area (Å²) in [6, 6.07) is 5.49. The average Bonchev–Trinajstić information content (AvgIpc) is 2.90. The third kappa shape index (κ3) is 3.86. The minimum atomic E-state index is -0.627. The minimum absolute atomic E-state index is 0.0326. The summed E-state index contributed by atoms with van der Waals surface area (Å²) in [5.41, 5.74) is 0.350. The molecule has 0 radical (unpaired) electrons. The number of esters is 1. The van der Waals surface area contributed by atoms with E-state index < -0.39 is 16.8 Å². The Labute approximate surface area is 134 Å². The Morgan fingerprint density at radius 1 is 1.39 bits per heavy atom. The van der Waals surface area contributed by atoms with Crippen molar-refractivity contribution in [3.63, 3.8) is 0 Å². The smallest absolute Gasteiger partial charge is 0.369 e. The topological polar surface area (TPSA) is 117 Å². The summed E-state index contributed by atoms with van der Waals surface area (Å²) in [4.78, 5) is 37.1. The molecule has 120 valence electrons. The van der Waals surface area contributed by atoms with Gasteiger partial charge in [0.15, 0.2) is 0 Å². The molecule has 0 aliphatic rings. The predicted octanol–water partition coefficient (Wildman–Crippen LogP) is 1.47. The normalized spacial score (nSPS) is 11.3. The van der Waals surface area contributed by atoms with E-state index in [0.29, 0.717) is 5.69 Å². The molecule has 0 N–H and O–H groups in total. The highest BCUT2D eigenvalue weighted by Gasteiger charge is 2.16. The Bertz CT molecular complexity index is 822. The number of benzene rings is 1. The molecule has 0 spiro atoms. The molecule has 9 nitrogen and oxygen atoms in total. The van der Waals surface area contributed by atoms with Crippen LogP contribution in [0.5, 0.6) is 0 Å². The number of carbonyl (C=O) groups is 2. The highest BCUT2D eigenvalue weighted by atomic mass is 32.1. The molecule has 0 unspecified atom stereocenters. The first kappa shape index (κ1) is 16.5. The van der Waals surface area contributed by atoms with Gasteiger partial charge in [-0.25, -0.2) is 9.48 Å². The molecular formula is C13H12N4O5S. The number of non-ortho nitro benzene ring substituents is 1. The fraction of sp³-hybridized carbons (Fsp3) is 0.231. The van der Waals surface area contributed by atoms with Crippen LogP contribution in [0.3, 0.4) is 0 Å². The summed E-state index contributed by atoms with van der Waals surface area (Å²) in [7, 11) is 0. The van der Waals surface area contributed by atoms with Crippen LogP contribution in [0.15, 0.2) is 29.3 Å². The van der Waals surface area contributed by atoms with Crippen molar-refractivity contribution in [2.45, 2.75) is 13.8 Å². The van der Waals surface area contributed by atoms with Gasteiger partial charge in [0.05, 0.1) is 17.2 Å². The zero-order chi connectivity index (χ0) is 17.0. The van der Waals surface area contributed by atoms with Crippen molar-refractivity contribution >= 4 is 28.9 Å². The Hall–Kier alpha value is -2.88. The van der Waals surface area contributed by atoms with E-state index in [1.807, 2.05) is 0 Å². The average molecular weight is 336 g/mol. The molecule has 0 fully saturated rings. The molecule has 0 aliphatic heterocycles. The molecule has 1 amide bonds. The van der Waals surface area contributed by atoms with E-state index in [1.165, 1.54) is 35.9 Å². The van der Waals surface area contributed by atoms with Gasteiger partial charge in [0.25, 0.3) is 5.69 Å². The van der Waals surface area contributed by atoms with Crippen LogP contribution in [0.2, 0.25) is 0 Å². The minimum Gasteiger partial charge on any atom is -0.461 e. The van der Waals surface area contributed by atoms with Gasteiger partial charge < -0.3 is 4.74 Å². The zero-order valence-electron chi connectivity index (χ0n) is 12.3. The van der Waals surface area contributed by atoms with Crippen LogP contribution in [0.25, 0.3) is 5.69 Å². The first-order chi connectivity index (χ1) is 10.9. The van der Waals surface area contributed by atoms with Gasteiger partial charge in [-0.05, 0) is 19.1 Å². The lowest BCUT2D eigenvalue weighted by Gasteiger charge is -2.00.